The predicted octanol–water partition coefficient (Wildman–Crippen LogP) is -0.391. The van der Waals surface area contributed by atoms with Crippen molar-refractivity contribution in [3.8, 4) is 0 Å². The van der Waals surface area contributed by atoms with Crippen molar-refractivity contribution >= 4 is 5.91 Å². The molecular formula is C8H18N2O2. The maximum atomic E-state index is 11.0. The molecule has 4 heteroatoms. The summed E-state index contributed by atoms with van der Waals surface area (Å²) >= 11 is 0. The van der Waals surface area contributed by atoms with E-state index in [4.69, 9.17) is 10.8 Å². The molecule has 1 amide bonds. The molecule has 0 fully saturated rings. The zero-order valence-electron chi connectivity index (χ0n) is 7.87. The zero-order chi connectivity index (χ0) is 9.72. The smallest absolute Gasteiger partial charge is 0.236 e. The van der Waals surface area contributed by atoms with Crippen molar-refractivity contribution in [3.63, 3.8) is 0 Å². The van der Waals surface area contributed by atoms with Crippen molar-refractivity contribution in [2.45, 2.75) is 45.4 Å². The summed E-state index contributed by atoms with van der Waals surface area (Å²) < 4.78 is 0. The van der Waals surface area contributed by atoms with E-state index in [9.17, 15) is 4.79 Å². The maximum absolute atomic E-state index is 11.0. The first kappa shape index (κ1) is 11.4. The Morgan fingerprint density at radius 1 is 1.50 bits per heavy atom. The second-order valence-corrected chi connectivity index (χ2v) is 3.28. The molecule has 0 rings (SSSR count). The third-order valence-electron chi connectivity index (χ3n) is 1.50. The van der Waals surface area contributed by atoms with E-state index in [-0.39, 0.29) is 11.9 Å². The molecule has 0 saturated carbocycles. The fourth-order valence-corrected chi connectivity index (χ4v) is 0.945. The van der Waals surface area contributed by atoms with Gasteiger partial charge in [0.25, 0.3) is 0 Å². The molecule has 0 aliphatic heterocycles. The van der Waals surface area contributed by atoms with Gasteiger partial charge in [-0.25, -0.2) is 0 Å². The van der Waals surface area contributed by atoms with E-state index >= 15 is 0 Å². The summed E-state index contributed by atoms with van der Waals surface area (Å²) in [6.45, 7) is 5.16. The minimum Gasteiger partial charge on any atom is -0.393 e. The van der Waals surface area contributed by atoms with E-state index in [1.54, 1.807) is 13.8 Å². The van der Waals surface area contributed by atoms with E-state index < -0.39 is 12.1 Å². The quantitative estimate of drug-likeness (QED) is 0.543. The summed E-state index contributed by atoms with van der Waals surface area (Å²) in [6.07, 6.45) is 0.159. The van der Waals surface area contributed by atoms with Gasteiger partial charge in [0.2, 0.25) is 5.91 Å². The molecule has 0 saturated heterocycles. The van der Waals surface area contributed by atoms with Crippen LogP contribution in [0.2, 0.25) is 0 Å². The van der Waals surface area contributed by atoms with Crippen LogP contribution in [0.5, 0.6) is 0 Å². The summed E-state index contributed by atoms with van der Waals surface area (Å²) in [5, 5.41) is 11.7. The third-order valence-corrected chi connectivity index (χ3v) is 1.50. The van der Waals surface area contributed by atoms with Gasteiger partial charge in [0.05, 0.1) is 12.1 Å². The number of rotatable bonds is 4. The largest absolute Gasteiger partial charge is 0.393 e. The van der Waals surface area contributed by atoms with Crippen LogP contribution < -0.4 is 11.1 Å². The molecule has 0 spiro atoms. The van der Waals surface area contributed by atoms with Crippen LogP contribution >= 0.6 is 0 Å². The van der Waals surface area contributed by atoms with Crippen molar-refractivity contribution in [1.29, 1.82) is 0 Å². The molecule has 0 heterocycles. The van der Waals surface area contributed by atoms with Gasteiger partial charge in [-0.3, -0.25) is 4.79 Å². The van der Waals surface area contributed by atoms with Crippen molar-refractivity contribution in [2.75, 3.05) is 0 Å². The van der Waals surface area contributed by atoms with E-state index in [2.05, 4.69) is 5.32 Å². The summed E-state index contributed by atoms with van der Waals surface area (Å²) in [7, 11) is 0. The second kappa shape index (κ2) is 5.11. The lowest BCUT2D eigenvalue weighted by Crippen LogP contribution is -2.43. The standard InChI is InChI=1S/C8H18N2O2/c1-5(4-6(2)11)10-8(12)7(3)9/h5-7,11H,4,9H2,1-3H3,(H,10,12)/t5?,6?,7-/m1/s1. The number of aliphatic hydroxyl groups excluding tert-OH is 1. The number of hydrogen-bond donors (Lipinski definition) is 3. The highest BCUT2D eigenvalue weighted by atomic mass is 16.3. The average Bonchev–Trinajstić information content (AvgIpc) is 1.84. The summed E-state index contributed by atoms with van der Waals surface area (Å²) in [5.41, 5.74) is 5.34. The van der Waals surface area contributed by atoms with Gasteiger partial charge < -0.3 is 16.2 Å². The van der Waals surface area contributed by atoms with E-state index in [1.165, 1.54) is 0 Å². The van der Waals surface area contributed by atoms with Crippen LogP contribution in [0.1, 0.15) is 27.2 Å². The van der Waals surface area contributed by atoms with Gasteiger partial charge in [-0.1, -0.05) is 0 Å². The highest BCUT2D eigenvalue weighted by Crippen LogP contribution is 1.96. The summed E-state index contributed by atoms with van der Waals surface area (Å²) in [5.74, 6) is -0.178. The predicted molar refractivity (Wildman–Crippen MR) is 47.6 cm³/mol. The molecule has 0 aromatic rings. The van der Waals surface area contributed by atoms with Crippen LogP contribution in [-0.2, 0) is 4.79 Å². The molecule has 4 nitrogen and oxygen atoms in total. The number of carbonyl (C=O) groups excluding carboxylic acids is 1. The Hall–Kier alpha value is -0.610. The topological polar surface area (TPSA) is 75.3 Å². The molecule has 0 bridgehead atoms. The summed E-state index contributed by atoms with van der Waals surface area (Å²) in [4.78, 5) is 11.0. The number of hydrogen-bond acceptors (Lipinski definition) is 3. The minimum absolute atomic E-state index is 0.0245. The van der Waals surface area contributed by atoms with Crippen LogP contribution in [0.3, 0.4) is 0 Å². The fraction of sp³-hybridized carbons (Fsp3) is 0.875. The Morgan fingerprint density at radius 2 is 2.00 bits per heavy atom. The number of nitrogens with one attached hydrogen (secondary N) is 1. The molecule has 4 N–H and O–H groups in total. The van der Waals surface area contributed by atoms with Crippen molar-refractivity contribution < 1.29 is 9.90 Å². The van der Waals surface area contributed by atoms with E-state index in [0.717, 1.165) is 0 Å². The number of aliphatic hydroxyl groups is 1. The normalized spacial score (nSPS) is 18.1. The first-order valence-corrected chi connectivity index (χ1v) is 4.17. The molecular weight excluding hydrogens is 156 g/mol. The minimum atomic E-state index is -0.485. The fourth-order valence-electron chi connectivity index (χ4n) is 0.945. The molecule has 0 aliphatic carbocycles. The SMILES string of the molecule is CC(O)CC(C)NC(=O)[C@@H](C)N. The zero-order valence-corrected chi connectivity index (χ0v) is 7.87. The van der Waals surface area contributed by atoms with Gasteiger partial charge in [0, 0.05) is 6.04 Å². The molecule has 0 radical (unpaired) electrons. The Morgan fingerprint density at radius 3 is 2.33 bits per heavy atom. The Kier molecular flexibility index (Phi) is 4.85. The second-order valence-electron chi connectivity index (χ2n) is 3.28. The molecule has 0 aromatic heterocycles. The third kappa shape index (κ3) is 5.09. The Bertz CT molecular complexity index is 146. The molecule has 3 atom stereocenters. The Balaban J connectivity index is 3.69. The van der Waals surface area contributed by atoms with Gasteiger partial charge in [0.1, 0.15) is 0 Å². The molecule has 2 unspecified atom stereocenters. The van der Waals surface area contributed by atoms with Crippen LogP contribution in [0.25, 0.3) is 0 Å². The first-order chi connectivity index (χ1) is 5.43. The van der Waals surface area contributed by atoms with Crippen LogP contribution in [0.15, 0.2) is 0 Å². The maximum Gasteiger partial charge on any atom is 0.236 e. The highest BCUT2D eigenvalue weighted by Gasteiger charge is 2.12. The van der Waals surface area contributed by atoms with Gasteiger partial charge in [0.15, 0.2) is 0 Å². The summed E-state index contributed by atoms with van der Waals surface area (Å²) in [6, 6.07) is -0.509. The van der Waals surface area contributed by atoms with Crippen LogP contribution in [0, 0.1) is 0 Å². The van der Waals surface area contributed by atoms with Crippen LogP contribution in [-0.4, -0.2) is 29.2 Å². The monoisotopic (exact) mass is 174 g/mol. The number of nitrogens with two attached hydrogens (primary N) is 1. The van der Waals surface area contributed by atoms with Gasteiger partial charge in [-0.15, -0.1) is 0 Å². The first-order valence-electron chi connectivity index (χ1n) is 4.17. The Labute approximate surface area is 73.1 Å². The highest BCUT2D eigenvalue weighted by molar-refractivity contribution is 5.81. The lowest BCUT2D eigenvalue weighted by Gasteiger charge is -2.16. The lowest BCUT2D eigenvalue weighted by molar-refractivity contribution is -0.122. The molecule has 0 aliphatic rings. The molecule has 12 heavy (non-hydrogen) atoms. The van der Waals surface area contributed by atoms with E-state index in [1.807, 2.05) is 6.92 Å². The number of carbonyl (C=O) groups is 1. The lowest BCUT2D eigenvalue weighted by atomic mass is 10.1. The molecule has 72 valence electrons. The number of amides is 1. The molecule has 0 aromatic carbocycles. The van der Waals surface area contributed by atoms with Crippen molar-refractivity contribution in [2.24, 2.45) is 5.73 Å². The van der Waals surface area contributed by atoms with Crippen molar-refractivity contribution in [1.82, 2.24) is 5.32 Å². The van der Waals surface area contributed by atoms with Gasteiger partial charge in [-0.2, -0.15) is 0 Å². The van der Waals surface area contributed by atoms with Crippen LogP contribution in [0.4, 0.5) is 0 Å². The van der Waals surface area contributed by atoms with E-state index in [0.29, 0.717) is 6.42 Å². The van der Waals surface area contributed by atoms with Crippen molar-refractivity contribution in [3.05, 3.63) is 0 Å². The van der Waals surface area contributed by atoms with Gasteiger partial charge >= 0.3 is 0 Å². The van der Waals surface area contributed by atoms with Gasteiger partial charge in [-0.05, 0) is 27.2 Å². The average molecular weight is 174 g/mol.